The number of carbonyl (C=O) groups excluding carboxylic acids is 1. The van der Waals surface area contributed by atoms with Crippen molar-refractivity contribution < 1.29 is 14.7 Å². The van der Waals surface area contributed by atoms with E-state index in [0.29, 0.717) is 21.5 Å². The number of thiophene rings is 1. The smallest absolute Gasteiger partial charge is 0.322 e. The van der Waals surface area contributed by atoms with E-state index in [1.807, 2.05) is 0 Å². The van der Waals surface area contributed by atoms with E-state index >= 15 is 0 Å². The van der Waals surface area contributed by atoms with E-state index in [-0.39, 0.29) is 18.9 Å². The van der Waals surface area contributed by atoms with Crippen LogP contribution in [0.15, 0.2) is 6.07 Å². The third kappa shape index (κ3) is 5.39. The third-order valence-electron chi connectivity index (χ3n) is 2.01. The van der Waals surface area contributed by atoms with E-state index in [1.54, 1.807) is 6.07 Å². The maximum Gasteiger partial charge on any atom is 0.322 e. The van der Waals surface area contributed by atoms with E-state index in [4.69, 9.17) is 28.3 Å². The Bertz CT molecular complexity index is 420. The van der Waals surface area contributed by atoms with Gasteiger partial charge in [0.15, 0.2) is 0 Å². The lowest BCUT2D eigenvalue weighted by atomic mass is 10.1. The van der Waals surface area contributed by atoms with Gasteiger partial charge in [-0.1, -0.05) is 23.2 Å². The van der Waals surface area contributed by atoms with Gasteiger partial charge in [-0.25, -0.2) is 0 Å². The summed E-state index contributed by atoms with van der Waals surface area (Å²) < 4.78 is 1.27. The van der Waals surface area contributed by atoms with Crippen LogP contribution in [0.2, 0.25) is 8.67 Å². The van der Waals surface area contributed by atoms with E-state index in [0.717, 1.165) is 5.56 Å². The number of nitrogens with one attached hydrogen (secondary N) is 1. The average Bonchev–Trinajstić information content (AvgIpc) is 2.55. The molecule has 0 bridgehead atoms. The van der Waals surface area contributed by atoms with Crippen LogP contribution in [0.3, 0.4) is 0 Å². The van der Waals surface area contributed by atoms with Crippen LogP contribution >= 0.6 is 34.5 Å². The van der Waals surface area contributed by atoms with Gasteiger partial charge < -0.3 is 10.4 Å². The molecule has 0 saturated carbocycles. The summed E-state index contributed by atoms with van der Waals surface area (Å²) in [6.45, 7) is -0.343. The molecule has 0 unspecified atom stereocenters. The number of amides is 1. The molecule has 0 aromatic carbocycles. The summed E-state index contributed by atoms with van der Waals surface area (Å²) in [5.41, 5.74) is 0.924. The lowest BCUT2D eigenvalue weighted by Crippen LogP contribution is -2.28. The molecular weight excluding hydrogens is 285 g/mol. The molecule has 1 aromatic heterocycles. The summed E-state index contributed by atoms with van der Waals surface area (Å²) in [7, 11) is 0. The number of hydrogen-bond acceptors (Lipinski definition) is 3. The SMILES string of the molecule is O=C(O)CNC(=O)CCCc1cc(Cl)sc1Cl. The first-order chi connectivity index (χ1) is 7.99. The van der Waals surface area contributed by atoms with Crippen LogP contribution < -0.4 is 5.32 Å². The Morgan fingerprint density at radius 3 is 2.65 bits per heavy atom. The zero-order valence-corrected chi connectivity index (χ0v) is 11.2. The number of carboxylic acid groups (broad SMARTS) is 1. The first kappa shape index (κ1) is 14.3. The Kier molecular flexibility index (Phi) is 5.74. The molecule has 4 nitrogen and oxygen atoms in total. The monoisotopic (exact) mass is 295 g/mol. The molecule has 0 atom stereocenters. The standard InChI is InChI=1S/C10H11Cl2NO3S/c11-7-4-6(10(12)17-7)2-1-3-8(14)13-5-9(15)16/h4H,1-3,5H2,(H,13,14)(H,15,16). The fraction of sp³-hybridized carbons (Fsp3) is 0.400. The number of aliphatic carboxylic acids is 1. The maximum absolute atomic E-state index is 11.2. The molecule has 0 aliphatic heterocycles. The molecule has 1 amide bonds. The molecule has 17 heavy (non-hydrogen) atoms. The van der Waals surface area contributed by atoms with E-state index in [9.17, 15) is 9.59 Å². The Hall–Kier alpha value is -0.780. The normalized spacial score (nSPS) is 10.2. The highest BCUT2D eigenvalue weighted by molar-refractivity contribution is 7.20. The van der Waals surface area contributed by atoms with Gasteiger partial charge >= 0.3 is 5.97 Å². The van der Waals surface area contributed by atoms with Crippen molar-refractivity contribution in [1.29, 1.82) is 0 Å². The van der Waals surface area contributed by atoms with Crippen molar-refractivity contribution in [3.63, 3.8) is 0 Å². The zero-order chi connectivity index (χ0) is 12.8. The second-order valence-electron chi connectivity index (χ2n) is 3.37. The number of rotatable bonds is 6. The van der Waals surface area contributed by atoms with Gasteiger partial charge in [0.1, 0.15) is 6.54 Å². The zero-order valence-electron chi connectivity index (χ0n) is 8.83. The summed E-state index contributed by atoms with van der Waals surface area (Å²) in [5.74, 6) is -1.32. The maximum atomic E-state index is 11.2. The van der Waals surface area contributed by atoms with Crippen molar-refractivity contribution in [2.45, 2.75) is 19.3 Å². The van der Waals surface area contributed by atoms with Gasteiger partial charge in [0.2, 0.25) is 5.91 Å². The van der Waals surface area contributed by atoms with Crippen LogP contribution in [-0.4, -0.2) is 23.5 Å². The highest BCUT2D eigenvalue weighted by Crippen LogP contribution is 2.31. The summed E-state index contributed by atoms with van der Waals surface area (Å²) in [4.78, 5) is 21.4. The first-order valence-corrected chi connectivity index (χ1v) is 6.48. The van der Waals surface area contributed by atoms with Gasteiger partial charge in [-0.15, -0.1) is 11.3 Å². The number of carbonyl (C=O) groups is 2. The average molecular weight is 296 g/mol. The number of aryl methyl sites for hydroxylation is 1. The molecule has 0 aliphatic rings. The molecule has 1 rings (SSSR count). The van der Waals surface area contributed by atoms with Crippen molar-refractivity contribution in [2.24, 2.45) is 0 Å². The van der Waals surface area contributed by atoms with Crippen molar-refractivity contribution >= 4 is 46.4 Å². The summed E-state index contributed by atoms with van der Waals surface area (Å²) in [6.07, 6.45) is 1.54. The molecule has 0 radical (unpaired) electrons. The highest BCUT2D eigenvalue weighted by Gasteiger charge is 2.08. The van der Waals surface area contributed by atoms with Gasteiger partial charge in [0.05, 0.1) is 8.67 Å². The van der Waals surface area contributed by atoms with E-state index < -0.39 is 5.97 Å². The van der Waals surface area contributed by atoms with Gasteiger partial charge in [-0.05, 0) is 24.5 Å². The quantitative estimate of drug-likeness (QED) is 0.848. The van der Waals surface area contributed by atoms with Crippen LogP contribution in [-0.2, 0) is 16.0 Å². The Morgan fingerprint density at radius 1 is 1.41 bits per heavy atom. The minimum Gasteiger partial charge on any atom is -0.480 e. The molecule has 0 spiro atoms. The Labute approximate surface area is 113 Å². The van der Waals surface area contributed by atoms with Crippen LogP contribution in [0.25, 0.3) is 0 Å². The van der Waals surface area contributed by atoms with E-state index in [1.165, 1.54) is 11.3 Å². The molecule has 0 saturated heterocycles. The van der Waals surface area contributed by atoms with Crippen molar-refractivity contribution in [3.8, 4) is 0 Å². The lowest BCUT2D eigenvalue weighted by Gasteiger charge is -2.01. The van der Waals surface area contributed by atoms with Crippen LogP contribution in [0.1, 0.15) is 18.4 Å². The number of carboxylic acids is 1. The van der Waals surface area contributed by atoms with Gasteiger partial charge in [0, 0.05) is 6.42 Å². The van der Waals surface area contributed by atoms with Gasteiger partial charge in [0.25, 0.3) is 0 Å². The number of halogens is 2. The van der Waals surface area contributed by atoms with Crippen molar-refractivity contribution in [2.75, 3.05) is 6.54 Å². The second-order valence-corrected chi connectivity index (χ2v) is 5.66. The van der Waals surface area contributed by atoms with Crippen LogP contribution in [0.4, 0.5) is 0 Å². The predicted molar refractivity (Wildman–Crippen MR) is 67.9 cm³/mol. The Balaban J connectivity index is 2.26. The molecule has 1 aromatic rings. The second kappa shape index (κ2) is 6.83. The van der Waals surface area contributed by atoms with Crippen LogP contribution in [0, 0.1) is 0 Å². The minimum atomic E-state index is -1.05. The molecule has 1 heterocycles. The summed E-state index contributed by atoms with van der Waals surface area (Å²) in [5, 5.41) is 10.7. The third-order valence-corrected chi connectivity index (χ3v) is 3.58. The molecule has 0 fully saturated rings. The highest BCUT2D eigenvalue weighted by atomic mass is 35.5. The molecule has 2 N–H and O–H groups in total. The predicted octanol–water partition coefficient (Wildman–Crippen LogP) is 2.58. The molecule has 0 aliphatic carbocycles. The fourth-order valence-corrected chi connectivity index (χ4v) is 2.79. The van der Waals surface area contributed by atoms with Crippen LogP contribution in [0.5, 0.6) is 0 Å². The topological polar surface area (TPSA) is 66.4 Å². The molecule has 94 valence electrons. The summed E-state index contributed by atoms with van der Waals surface area (Å²) >= 11 is 13.0. The van der Waals surface area contributed by atoms with Gasteiger partial charge in [-0.2, -0.15) is 0 Å². The van der Waals surface area contributed by atoms with Crippen molar-refractivity contribution in [3.05, 3.63) is 20.3 Å². The fourth-order valence-electron chi connectivity index (χ4n) is 1.25. The first-order valence-electron chi connectivity index (χ1n) is 4.91. The van der Waals surface area contributed by atoms with Gasteiger partial charge in [-0.3, -0.25) is 9.59 Å². The van der Waals surface area contributed by atoms with E-state index in [2.05, 4.69) is 5.32 Å². The lowest BCUT2D eigenvalue weighted by molar-refractivity contribution is -0.137. The minimum absolute atomic E-state index is 0.273. The largest absolute Gasteiger partial charge is 0.480 e. The summed E-state index contributed by atoms with van der Waals surface area (Å²) in [6, 6.07) is 1.78. The molecular formula is C10H11Cl2NO3S. The Morgan fingerprint density at radius 2 is 2.12 bits per heavy atom. The number of hydrogen-bond donors (Lipinski definition) is 2. The van der Waals surface area contributed by atoms with Crippen molar-refractivity contribution in [1.82, 2.24) is 5.32 Å². The molecule has 7 heteroatoms.